The number of methoxy groups -OCH3 is 1. The SMILES string of the molecule is COC(=O)c1c(S(=O)(=O)Nc2ccc(F)c(F)c2)sc2c1CCN(C(=O)C=CC(C)C)C2. The number of halogens is 2. The smallest absolute Gasteiger partial charge is 0.340 e. The van der Waals surface area contributed by atoms with E-state index in [2.05, 4.69) is 4.72 Å². The molecular weight excluding hydrogens is 462 g/mol. The molecule has 2 heterocycles. The minimum absolute atomic E-state index is 0.104. The van der Waals surface area contributed by atoms with Crippen molar-refractivity contribution in [2.24, 2.45) is 5.92 Å². The van der Waals surface area contributed by atoms with E-state index in [4.69, 9.17) is 4.74 Å². The molecule has 0 saturated carbocycles. The topological polar surface area (TPSA) is 92.8 Å². The predicted molar refractivity (Wildman–Crippen MR) is 116 cm³/mol. The second kappa shape index (κ2) is 9.37. The Balaban J connectivity index is 1.97. The van der Waals surface area contributed by atoms with Crippen LogP contribution in [0.5, 0.6) is 0 Å². The number of carbonyl (C=O) groups excluding carboxylic acids is 2. The van der Waals surface area contributed by atoms with Gasteiger partial charge in [0.1, 0.15) is 0 Å². The zero-order chi connectivity index (χ0) is 23.6. The van der Waals surface area contributed by atoms with Crippen molar-refractivity contribution in [3.8, 4) is 0 Å². The van der Waals surface area contributed by atoms with Gasteiger partial charge in [-0.15, -0.1) is 11.3 Å². The first kappa shape index (κ1) is 23.9. The first-order chi connectivity index (χ1) is 15.0. The van der Waals surface area contributed by atoms with E-state index in [1.807, 2.05) is 13.8 Å². The molecule has 0 unspecified atom stereocenters. The number of benzene rings is 1. The summed E-state index contributed by atoms with van der Waals surface area (Å²) in [6, 6.07) is 2.57. The van der Waals surface area contributed by atoms with Crippen molar-refractivity contribution in [1.29, 1.82) is 0 Å². The first-order valence-electron chi connectivity index (χ1n) is 9.71. The third kappa shape index (κ3) is 4.99. The molecule has 1 aliphatic rings. The maximum absolute atomic E-state index is 13.5. The average molecular weight is 485 g/mol. The van der Waals surface area contributed by atoms with Gasteiger partial charge in [-0.3, -0.25) is 9.52 Å². The van der Waals surface area contributed by atoms with Crippen LogP contribution in [0.2, 0.25) is 0 Å². The summed E-state index contributed by atoms with van der Waals surface area (Å²) in [5.41, 5.74) is 0.207. The van der Waals surface area contributed by atoms with Crippen molar-refractivity contribution >= 4 is 38.9 Å². The van der Waals surface area contributed by atoms with E-state index >= 15 is 0 Å². The minimum Gasteiger partial charge on any atom is -0.465 e. The van der Waals surface area contributed by atoms with Crippen LogP contribution < -0.4 is 4.72 Å². The number of esters is 1. The van der Waals surface area contributed by atoms with Gasteiger partial charge in [-0.05, 0) is 36.1 Å². The van der Waals surface area contributed by atoms with E-state index in [9.17, 15) is 26.8 Å². The van der Waals surface area contributed by atoms with Crippen LogP contribution in [0, 0.1) is 17.6 Å². The summed E-state index contributed by atoms with van der Waals surface area (Å²) in [7, 11) is -3.18. The number of sulfonamides is 1. The predicted octanol–water partition coefficient (Wildman–Crippen LogP) is 3.71. The maximum atomic E-state index is 13.5. The fourth-order valence-corrected chi connectivity index (χ4v) is 6.16. The number of allylic oxidation sites excluding steroid dienone is 1. The number of hydrogen-bond donors (Lipinski definition) is 1. The number of thiophene rings is 1. The highest BCUT2D eigenvalue weighted by Crippen LogP contribution is 2.37. The standard InChI is InChI=1S/C21H22F2N2O5S2/c1-12(2)4-7-18(26)25-9-8-14-17(11-25)31-21(19(14)20(27)30-3)32(28,29)24-13-5-6-15(22)16(23)10-13/h4-7,10,12,24H,8-9,11H2,1-3H3. The molecule has 1 amide bonds. The van der Waals surface area contributed by atoms with Gasteiger partial charge in [-0.1, -0.05) is 19.9 Å². The van der Waals surface area contributed by atoms with Gasteiger partial charge in [-0.25, -0.2) is 22.0 Å². The number of rotatable bonds is 6. The number of carbonyl (C=O) groups is 2. The summed E-state index contributed by atoms with van der Waals surface area (Å²) in [6.07, 6.45) is 3.53. The Labute approximate surface area is 188 Å². The Hall–Kier alpha value is -2.79. The second-order valence-electron chi connectivity index (χ2n) is 7.51. The molecule has 1 aromatic carbocycles. The Bertz CT molecular complexity index is 1190. The first-order valence-corrected chi connectivity index (χ1v) is 12.0. The van der Waals surface area contributed by atoms with Crippen LogP contribution in [0.25, 0.3) is 0 Å². The molecule has 7 nitrogen and oxygen atoms in total. The summed E-state index contributed by atoms with van der Waals surface area (Å²) in [5.74, 6) is -3.17. The van der Waals surface area contributed by atoms with Gasteiger partial charge in [0.25, 0.3) is 10.0 Å². The fourth-order valence-electron chi connectivity index (χ4n) is 3.21. The van der Waals surface area contributed by atoms with Gasteiger partial charge >= 0.3 is 5.97 Å². The molecule has 1 aromatic heterocycles. The lowest BCUT2D eigenvalue weighted by atomic mass is 10.0. The maximum Gasteiger partial charge on any atom is 0.340 e. The number of amides is 1. The number of nitrogens with zero attached hydrogens (tertiary/aromatic N) is 1. The van der Waals surface area contributed by atoms with E-state index < -0.39 is 27.6 Å². The van der Waals surface area contributed by atoms with Gasteiger partial charge in [-0.2, -0.15) is 0 Å². The lowest BCUT2D eigenvalue weighted by Gasteiger charge is -2.26. The van der Waals surface area contributed by atoms with Gasteiger partial charge in [0.05, 0.1) is 24.9 Å². The Morgan fingerprint density at radius 3 is 2.59 bits per heavy atom. The molecule has 172 valence electrons. The van der Waals surface area contributed by atoms with Gasteiger partial charge in [0.15, 0.2) is 15.8 Å². The van der Waals surface area contributed by atoms with Crippen molar-refractivity contribution in [2.75, 3.05) is 18.4 Å². The van der Waals surface area contributed by atoms with E-state index in [1.165, 1.54) is 6.08 Å². The van der Waals surface area contributed by atoms with Crippen molar-refractivity contribution in [2.45, 2.75) is 31.0 Å². The largest absolute Gasteiger partial charge is 0.465 e. The zero-order valence-corrected chi connectivity index (χ0v) is 19.3. The minimum atomic E-state index is -4.32. The van der Waals surface area contributed by atoms with E-state index in [0.717, 1.165) is 30.6 Å². The van der Waals surface area contributed by atoms with Gasteiger partial charge < -0.3 is 9.64 Å². The van der Waals surface area contributed by atoms with Crippen LogP contribution in [-0.2, 0) is 32.5 Å². The van der Waals surface area contributed by atoms with Crippen molar-refractivity contribution < 1.29 is 31.5 Å². The molecule has 0 saturated heterocycles. The van der Waals surface area contributed by atoms with Gasteiger partial charge in [0, 0.05) is 17.5 Å². The normalized spacial score (nSPS) is 14.0. The quantitative estimate of drug-likeness (QED) is 0.499. The van der Waals surface area contributed by atoms with E-state index in [-0.39, 0.29) is 40.3 Å². The monoisotopic (exact) mass is 484 g/mol. The summed E-state index contributed by atoms with van der Waals surface area (Å²) in [6.45, 7) is 4.34. The fraction of sp³-hybridized carbons (Fsp3) is 0.333. The molecular formula is C21H22F2N2O5S2. The summed E-state index contributed by atoms with van der Waals surface area (Å²) >= 11 is 0.848. The third-order valence-electron chi connectivity index (χ3n) is 4.77. The van der Waals surface area contributed by atoms with Crippen LogP contribution in [0.4, 0.5) is 14.5 Å². The van der Waals surface area contributed by atoms with Crippen LogP contribution in [0.15, 0.2) is 34.6 Å². The van der Waals surface area contributed by atoms with Gasteiger partial charge in [0.2, 0.25) is 5.91 Å². The lowest BCUT2D eigenvalue weighted by molar-refractivity contribution is -0.126. The van der Waals surface area contributed by atoms with Crippen LogP contribution in [-0.4, -0.2) is 38.8 Å². The average Bonchev–Trinajstić information content (AvgIpc) is 3.13. The number of fused-ring (bicyclic) bond motifs is 1. The second-order valence-corrected chi connectivity index (χ2v) is 10.5. The molecule has 11 heteroatoms. The van der Waals surface area contributed by atoms with Crippen LogP contribution in [0.3, 0.4) is 0 Å². The number of hydrogen-bond acceptors (Lipinski definition) is 6. The summed E-state index contributed by atoms with van der Waals surface area (Å²) in [4.78, 5) is 27.0. The van der Waals surface area contributed by atoms with Crippen molar-refractivity contribution in [3.63, 3.8) is 0 Å². The van der Waals surface area contributed by atoms with E-state index in [0.29, 0.717) is 23.1 Å². The Kier molecular flexibility index (Phi) is 6.99. The lowest BCUT2D eigenvalue weighted by Crippen LogP contribution is -2.34. The summed E-state index contributed by atoms with van der Waals surface area (Å²) in [5, 5.41) is 0. The molecule has 0 aliphatic carbocycles. The molecule has 1 aliphatic heterocycles. The number of nitrogens with one attached hydrogen (secondary N) is 1. The molecule has 0 bridgehead atoms. The molecule has 0 fully saturated rings. The molecule has 2 aromatic rings. The van der Waals surface area contributed by atoms with Crippen molar-refractivity contribution in [3.05, 3.63) is 58.0 Å². The summed E-state index contributed by atoms with van der Waals surface area (Å²) < 4.78 is 59.4. The third-order valence-corrected chi connectivity index (χ3v) is 7.88. The Morgan fingerprint density at radius 1 is 1.25 bits per heavy atom. The molecule has 32 heavy (non-hydrogen) atoms. The number of ether oxygens (including phenoxy) is 1. The highest BCUT2D eigenvalue weighted by atomic mass is 32.2. The molecule has 0 atom stereocenters. The Morgan fingerprint density at radius 2 is 1.97 bits per heavy atom. The highest BCUT2D eigenvalue weighted by Gasteiger charge is 2.35. The molecule has 3 rings (SSSR count). The van der Waals surface area contributed by atoms with Crippen molar-refractivity contribution in [1.82, 2.24) is 4.90 Å². The highest BCUT2D eigenvalue weighted by molar-refractivity contribution is 7.94. The van der Waals surface area contributed by atoms with Crippen LogP contribution >= 0.6 is 11.3 Å². The molecule has 0 radical (unpaired) electrons. The number of anilines is 1. The molecule has 1 N–H and O–H groups in total. The molecule has 0 spiro atoms. The van der Waals surface area contributed by atoms with E-state index in [1.54, 1.807) is 11.0 Å². The van der Waals surface area contributed by atoms with Crippen LogP contribution in [0.1, 0.15) is 34.6 Å². The zero-order valence-electron chi connectivity index (χ0n) is 17.6.